The molecule has 0 radical (unpaired) electrons. The Balaban J connectivity index is 3.74. The highest BCUT2D eigenvalue weighted by atomic mass is 16.4. The zero-order valence-electron chi connectivity index (χ0n) is 7.71. The zero-order valence-corrected chi connectivity index (χ0v) is 7.71. The van der Waals surface area contributed by atoms with Crippen LogP contribution in [0.25, 0.3) is 0 Å². The number of unbranched alkanes of at least 4 members (excludes halogenated alkanes) is 2. The molecule has 0 aliphatic carbocycles. The highest BCUT2D eigenvalue weighted by molar-refractivity contribution is 5.81. The van der Waals surface area contributed by atoms with Gasteiger partial charge in [0.1, 0.15) is 0 Å². The van der Waals surface area contributed by atoms with Gasteiger partial charge in [0.25, 0.3) is 0 Å². The molecule has 0 fully saturated rings. The molecule has 12 heavy (non-hydrogen) atoms. The first-order valence-corrected chi connectivity index (χ1v) is 4.24. The number of allylic oxidation sites excluding steroid dienone is 3. The van der Waals surface area contributed by atoms with Crippen molar-refractivity contribution in [2.75, 3.05) is 0 Å². The van der Waals surface area contributed by atoms with E-state index in [-0.39, 0.29) is 0 Å². The van der Waals surface area contributed by atoms with Crippen LogP contribution in [-0.4, -0.2) is 11.1 Å². The molecule has 0 unspecified atom stereocenters. The summed E-state index contributed by atoms with van der Waals surface area (Å²) in [5.41, 5.74) is 0.790. The van der Waals surface area contributed by atoms with Crippen molar-refractivity contribution in [2.45, 2.75) is 33.1 Å². The van der Waals surface area contributed by atoms with Crippen LogP contribution in [0.1, 0.15) is 33.1 Å². The maximum absolute atomic E-state index is 10.2. The van der Waals surface area contributed by atoms with E-state index in [1.165, 1.54) is 12.5 Å². The minimum Gasteiger partial charge on any atom is -0.478 e. The third-order valence-electron chi connectivity index (χ3n) is 1.46. The third-order valence-corrected chi connectivity index (χ3v) is 1.46. The first-order chi connectivity index (χ1) is 5.66. The number of carboxylic acids is 1. The normalized spacial score (nSPS) is 12.3. The van der Waals surface area contributed by atoms with Gasteiger partial charge >= 0.3 is 5.97 Å². The largest absolute Gasteiger partial charge is 0.478 e. The van der Waals surface area contributed by atoms with Crippen molar-refractivity contribution in [3.8, 4) is 0 Å². The van der Waals surface area contributed by atoms with E-state index in [1.807, 2.05) is 12.2 Å². The lowest BCUT2D eigenvalue weighted by molar-refractivity contribution is -0.131. The van der Waals surface area contributed by atoms with E-state index in [1.54, 1.807) is 6.92 Å². The molecule has 2 nitrogen and oxygen atoms in total. The highest BCUT2D eigenvalue weighted by Crippen LogP contribution is 1.99. The van der Waals surface area contributed by atoms with Crippen molar-refractivity contribution in [1.29, 1.82) is 0 Å². The Morgan fingerprint density at radius 1 is 1.50 bits per heavy atom. The molecule has 0 aliphatic rings. The molecule has 0 aromatic rings. The minimum absolute atomic E-state index is 0.790. The second-order valence-corrected chi connectivity index (χ2v) is 2.77. The Hall–Kier alpha value is -1.05. The van der Waals surface area contributed by atoms with Crippen molar-refractivity contribution >= 4 is 5.97 Å². The maximum Gasteiger partial charge on any atom is 0.328 e. The van der Waals surface area contributed by atoms with Gasteiger partial charge in [0.2, 0.25) is 0 Å². The number of aliphatic carboxylic acids is 1. The lowest BCUT2D eigenvalue weighted by Crippen LogP contribution is -1.87. The van der Waals surface area contributed by atoms with Crippen molar-refractivity contribution in [3.63, 3.8) is 0 Å². The van der Waals surface area contributed by atoms with Crippen LogP contribution in [0.2, 0.25) is 0 Å². The van der Waals surface area contributed by atoms with E-state index in [0.717, 1.165) is 18.4 Å². The van der Waals surface area contributed by atoms with Crippen molar-refractivity contribution < 1.29 is 9.90 Å². The number of carbonyl (C=O) groups is 1. The molecule has 1 N–H and O–H groups in total. The van der Waals surface area contributed by atoms with Crippen LogP contribution in [0, 0.1) is 0 Å². The smallest absolute Gasteiger partial charge is 0.328 e. The van der Waals surface area contributed by atoms with Gasteiger partial charge < -0.3 is 5.11 Å². The lowest BCUT2D eigenvalue weighted by atomic mass is 10.2. The highest BCUT2D eigenvalue weighted by Gasteiger charge is 1.88. The Morgan fingerprint density at radius 3 is 2.67 bits per heavy atom. The van der Waals surface area contributed by atoms with E-state index >= 15 is 0 Å². The Labute approximate surface area is 73.6 Å². The summed E-state index contributed by atoms with van der Waals surface area (Å²) < 4.78 is 0. The van der Waals surface area contributed by atoms with Crippen LogP contribution < -0.4 is 0 Å². The molecule has 0 spiro atoms. The van der Waals surface area contributed by atoms with Gasteiger partial charge in [-0.15, -0.1) is 0 Å². The predicted octanol–water partition coefficient (Wildman–Crippen LogP) is 2.76. The van der Waals surface area contributed by atoms with Gasteiger partial charge in [-0.25, -0.2) is 4.79 Å². The predicted molar refractivity (Wildman–Crippen MR) is 50.1 cm³/mol. The topological polar surface area (TPSA) is 37.3 Å². The molecule has 0 bridgehead atoms. The van der Waals surface area contributed by atoms with Crippen LogP contribution in [0.4, 0.5) is 0 Å². The molecule has 0 aromatic heterocycles. The monoisotopic (exact) mass is 168 g/mol. The van der Waals surface area contributed by atoms with Gasteiger partial charge in [-0.3, -0.25) is 0 Å². The Morgan fingerprint density at radius 2 is 2.17 bits per heavy atom. The van der Waals surface area contributed by atoms with E-state index in [9.17, 15) is 4.79 Å². The fourth-order valence-electron chi connectivity index (χ4n) is 0.834. The molecule has 0 amide bonds. The number of rotatable bonds is 5. The van der Waals surface area contributed by atoms with Crippen molar-refractivity contribution in [3.05, 3.63) is 23.8 Å². The van der Waals surface area contributed by atoms with Crippen LogP contribution in [0.5, 0.6) is 0 Å². The first kappa shape index (κ1) is 11.0. The molecule has 0 atom stereocenters. The third kappa shape index (κ3) is 7.06. The summed E-state index contributed by atoms with van der Waals surface area (Å²) in [5, 5.41) is 8.38. The molecular weight excluding hydrogens is 152 g/mol. The molecule has 0 saturated heterocycles. The summed E-state index contributed by atoms with van der Waals surface area (Å²) in [6.07, 6.45) is 8.44. The molecule has 0 aliphatic heterocycles. The second-order valence-electron chi connectivity index (χ2n) is 2.77. The lowest BCUT2D eigenvalue weighted by Gasteiger charge is -1.90. The Kier molecular flexibility index (Phi) is 6.07. The van der Waals surface area contributed by atoms with Crippen LogP contribution in [-0.2, 0) is 4.79 Å². The molecule has 0 aromatic carbocycles. The van der Waals surface area contributed by atoms with Gasteiger partial charge in [-0.05, 0) is 18.9 Å². The van der Waals surface area contributed by atoms with Gasteiger partial charge in [0.15, 0.2) is 0 Å². The van der Waals surface area contributed by atoms with Gasteiger partial charge in [0.05, 0.1) is 0 Å². The van der Waals surface area contributed by atoms with E-state index in [4.69, 9.17) is 5.11 Å². The maximum atomic E-state index is 10.2. The van der Waals surface area contributed by atoms with Gasteiger partial charge in [0, 0.05) is 6.08 Å². The molecule has 2 heteroatoms. The SMILES string of the molecule is CCCC/C=C/C(C)=C/C(=O)O. The molecular formula is C10H16O2. The average Bonchev–Trinajstić information content (AvgIpc) is 1.97. The summed E-state index contributed by atoms with van der Waals surface area (Å²) >= 11 is 0. The average molecular weight is 168 g/mol. The van der Waals surface area contributed by atoms with Crippen molar-refractivity contribution in [1.82, 2.24) is 0 Å². The zero-order chi connectivity index (χ0) is 9.40. The van der Waals surface area contributed by atoms with E-state index in [0.29, 0.717) is 0 Å². The fraction of sp³-hybridized carbons (Fsp3) is 0.500. The van der Waals surface area contributed by atoms with E-state index in [2.05, 4.69) is 6.92 Å². The summed E-state index contributed by atoms with van der Waals surface area (Å²) in [5.74, 6) is -0.882. The fourth-order valence-corrected chi connectivity index (χ4v) is 0.834. The van der Waals surface area contributed by atoms with E-state index < -0.39 is 5.97 Å². The Bertz CT molecular complexity index is 190. The standard InChI is InChI=1S/C10H16O2/c1-3-4-5-6-7-9(2)8-10(11)12/h6-8H,3-5H2,1-2H3,(H,11,12)/b7-6+,9-8+. The quantitative estimate of drug-likeness (QED) is 0.389. The number of hydrogen-bond acceptors (Lipinski definition) is 1. The molecule has 0 saturated carbocycles. The van der Waals surface area contributed by atoms with Crippen molar-refractivity contribution in [2.24, 2.45) is 0 Å². The van der Waals surface area contributed by atoms with Gasteiger partial charge in [-0.1, -0.05) is 31.9 Å². The summed E-state index contributed by atoms with van der Waals surface area (Å²) in [6, 6.07) is 0. The summed E-state index contributed by atoms with van der Waals surface area (Å²) in [7, 11) is 0. The molecule has 68 valence electrons. The molecule has 0 heterocycles. The summed E-state index contributed by atoms with van der Waals surface area (Å²) in [6.45, 7) is 3.92. The van der Waals surface area contributed by atoms with Gasteiger partial charge in [-0.2, -0.15) is 0 Å². The van der Waals surface area contributed by atoms with Crippen LogP contribution in [0.3, 0.4) is 0 Å². The first-order valence-electron chi connectivity index (χ1n) is 4.24. The number of carboxylic acid groups (broad SMARTS) is 1. The minimum atomic E-state index is -0.882. The second kappa shape index (κ2) is 6.65. The molecule has 0 rings (SSSR count). The number of hydrogen-bond donors (Lipinski definition) is 1. The van der Waals surface area contributed by atoms with Crippen LogP contribution >= 0.6 is 0 Å². The van der Waals surface area contributed by atoms with Crippen LogP contribution in [0.15, 0.2) is 23.8 Å². The summed E-state index contributed by atoms with van der Waals surface area (Å²) in [4.78, 5) is 10.2.